The van der Waals surface area contributed by atoms with E-state index in [1.165, 1.54) is 0 Å². The number of hydrogen-bond donors (Lipinski definition) is 0. The third-order valence-corrected chi connectivity index (χ3v) is 0.355. The van der Waals surface area contributed by atoms with E-state index < -0.39 is 11.9 Å². The zero-order valence-electron chi connectivity index (χ0n) is 4.14. The fraction of sp³-hybridized carbons (Fsp3) is 0. The summed E-state index contributed by atoms with van der Waals surface area (Å²) >= 11 is 0. The Bertz CT molecular complexity index is 124. The Morgan fingerprint density at radius 2 is 1.22 bits per heavy atom. The van der Waals surface area contributed by atoms with Crippen LogP contribution in [-0.4, -0.2) is 11.9 Å². The van der Waals surface area contributed by atoms with Crippen molar-refractivity contribution in [2.45, 2.75) is 0 Å². The summed E-state index contributed by atoms with van der Waals surface area (Å²) in [6, 6.07) is 0. The molecule has 0 bridgehead atoms. The molecule has 0 aliphatic rings. The summed E-state index contributed by atoms with van der Waals surface area (Å²) in [5.41, 5.74) is 0. The molecule has 0 aromatic heterocycles. The predicted molar refractivity (Wildman–Crippen MR) is 19.2 cm³/mol. The van der Waals surface area contributed by atoms with Crippen LogP contribution < -0.4 is 10.2 Å². The van der Waals surface area contributed by atoms with Gasteiger partial charge in [-0.3, -0.25) is 0 Å². The second-order valence-electron chi connectivity index (χ2n) is 0.971. The normalized spacial score (nSPS) is 8.44. The maximum Gasteiger partial charge on any atom is 2.00 e. The molecule has 0 atom stereocenters. The van der Waals surface area contributed by atoms with Crippen molar-refractivity contribution < 1.29 is 36.9 Å². The summed E-state index contributed by atoms with van der Waals surface area (Å²) in [6.07, 6.45) is 0.769. The molecule has 50 valence electrons. The topological polar surface area (TPSA) is 80.3 Å². The Labute approximate surface area is 61.7 Å². The monoisotopic (exact) mass is 170 g/mol. The van der Waals surface area contributed by atoms with Crippen molar-refractivity contribution in [3.8, 4) is 0 Å². The van der Waals surface area contributed by atoms with Crippen LogP contribution in [0.5, 0.6) is 0 Å². The van der Waals surface area contributed by atoms with Gasteiger partial charge in [-0.15, -0.1) is 0 Å². The van der Waals surface area contributed by atoms with Gasteiger partial charge in [0.25, 0.3) is 0 Å². The van der Waals surface area contributed by atoms with Crippen LogP contribution in [0, 0.1) is 0 Å². The molecule has 0 rings (SSSR count). The molecule has 0 aromatic carbocycles. The third kappa shape index (κ3) is 11.0. The smallest absolute Gasteiger partial charge is 0.545 e. The van der Waals surface area contributed by atoms with E-state index in [0.29, 0.717) is 12.2 Å². The van der Waals surface area contributed by atoms with E-state index in [-0.39, 0.29) is 17.1 Å². The summed E-state index contributed by atoms with van der Waals surface area (Å²) in [7, 11) is 0. The molecular weight excluding hydrogens is 168 g/mol. The number of aliphatic carboxylic acids is 2. The largest absolute Gasteiger partial charge is 2.00 e. The molecule has 0 spiro atoms. The molecule has 0 radical (unpaired) electrons. The fourth-order valence-electron chi connectivity index (χ4n) is 0.136. The van der Waals surface area contributed by atoms with E-state index >= 15 is 0 Å². The molecule has 0 aromatic rings. The number of rotatable bonds is 2. The average Bonchev–Trinajstić information content (AvgIpc) is 1.61. The molecule has 0 unspecified atom stereocenters. The van der Waals surface area contributed by atoms with E-state index in [2.05, 4.69) is 0 Å². The van der Waals surface area contributed by atoms with Gasteiger partial charge < -0.3 is 19.8 Å². The molecule has 0 aliphatic carbocycles. The van der Waals surface area contributed by atoms with Crippen molar-refractivity contribution in [3.05, 3.63) is 12.2 Å². The number of carbonyl (C=O) groups is 2. The molecule has 0 heterocycles. The SMILES string of the molecule is O=C([O-])/C=C\C(=O)[O-].[Fe+2]. The van der Waals surface area contributed by atoms with Gasteiger partial charge in [-0.2, -0.15) is 0 Å². The molecular formula is C4H2FeO4. The number of carboxylic acid groups (broad SMARTS) is 2. The van der Waals surface area contributed by atoms with Crippen LogP contribution >= 0.6 is 0 Å². The van der Waals surface area contributed by atoms with Crippen LogP contribution in [0.1, 0.15) is 0 Å². The first-order valence-corrected chi connectivity index (χ1v) is 1.73. The Morgan fingerprint density at radius 3 is 1.33 bits per heavy atom. The minimum Gasteiger partial charge on any atom is -0.545 e. The first-order valence-electron chi connectivity index (χ1n) is 1.73. The van der Waals surface area contributed by atoms with Crippen molar-refractivity contribution in [2.75, 3.05) is 0 Å². The van der Waals surface area contributed by atoms with Gasteiger partial charge in [0.05, 0.1) is 11.9 Å². The summed E-state index contributed by atoms with van der Waals surface area (Å²) in [5.74, 6) is -3.09. The van der Waals surface area contributed by atoms with Crippen LogP contribution in [0.4, 0.5) is 0 Å². The van der Waals surface area contributed by atoms with Crippen molar-refractivity contribution in [1.29, 1.82) is 0 Å². The van der Waals surface area contributed by atoms with Gasteiger partial charge in [0.15, 0.2) is 0 Å². The van der Waals surface area contributed by atoms with Gasteiger partial charge in [0.1, 0.15) is 0 Å². The molecule has 0 N–H and O–H groups in total. The molecule has 5 heteroatoms. The van der Waals surface area contributed by atoms with Gasteiger partial charge in [0, 0.05) is 0 Å². The van der Waals surface area contributed by atoms with Gasteiger partial charge in [0.2, 0.25) is 0 Å². The summed E-state index contributed by atoms with van der Waals surface area (Å²) < 4.78 is 0. The van der Waals surface area contributed by atoms with Crippen molar-refractivity contribution in [3.63, 3.8) is 0 Å². The maximum absolute atomic E-state index is 9.41. The molecule has 0 fully saturated rings. The second kappa shape index (κ2) is 5.34. The fourth-order valence-corrected chi connectivity index (χ4v) is 0.136. The second-order valence-corrected chi connectivity index (χ2v) is 0.971. The summed E-state index contributed by atoms with van der Waals surface area (Å²) in [6.45, 7) is 0. The Hall–Kier alpha value is -0.801. The van der Waals surface area contributed by atoms with Gasteiger partial charge >= 0.3 is 17.1 Å². The first-order chi connectivity index (χ1) is 3.63. The van der Waals surface area contributed by atoms with Crippen LogP contribution in [0.25, 0.3) is 0 Å². The van der Waals surface area contributed by atoms with E-state index in [4.69, 9.17) is 0 Å². The van der Waals surface area contributed by atoms with Crippen molar-refractivity contribution in [2.24, 2.45) is 0 Å². The molecule has 4 nitrogen and oxygen atoms in total. The average molecular weight is 170 g/mol. The van der Waals surface area contributed by atoms with E-state index in [1.54, 1.807) is 0 Å². The quantitative estimate of drug-likeness (QED) is 0.327. The minimum absolute atomic E-state index is 0. The van der Waals surface area contributed by atoms with Crippen LogP contribution in [0.2, 0.25) is 0 Å². The summed E-state index contributed by atoms with van der Waals surface area (Å²) in [5, 5.41) is 18.8. The zero-order chi connectivity index (χ0) is 6.57. The van der Waals surface area contributed by atoms with Crippen LogP contribution in [0.15, 0.2) is 12.2 Å². The van der Waals surface area contributed by atoms with E-state index in [9.17, 15) is 19.8 Å². The number of hydrogen-bond acceptors (Lipinski definition) is 4. The number of carbonyl (C=O) groups excluding carboxylic acids is 2. The molecule has 0 amide bonds. The Kier molecular flexibility index (Phi) is 6.56. The van der Waals surface area contributed by atoms with Crippen molar-refractivity contribution in [1.82, 2.24) is 0 Å². The van der Waals surface area contributed by atoms with Gasteiger partial charge in [-0.05, 0) is 12.2 Å². The van der Waals surface area contributed by atoms with Crippen molar-refractivity contribution >= 4 is 11.9 Å². The van der Waals surface area contributed by atoms with Gasteiger partial charge in [-0.25, -0.2) is 0 Å². The Morgan fingerprint density at radius 1 is 1.00 bits per heavy atom. The molecule has 0 saturated carbocycles. The third-order valence-electron chi connectivity index (χ3n) is 0.355. The van der Waals surface area contributed by atoms with Crippen LogP contribution in [0.3, 0.4) is 0 Å². The maximum atomic E-state index is 9.41. The number of carboxylic acids is 2. The zero-order valence-corrected chi connectivity index (χ0v) is 5.25. The van der Waals surface area contributed by atoms with Crippen LogP contribution in [-0.2, 0) is 26.7 Å². The van der Waals surface area contributed by atoms with Gasteiger partial charge in [-0.1, -0.05) is 0 Å². The Balaban J connectivity index is 0. The van der Waals surface area contributed by atoms with E-state index in [0.717, 1.165) is 0 Å². The molecule has 9 heavy (non-hydrogen) atoms. The standard InChI is InChI=1S/C4H4O4.Fe/c5-3(6)1-2-4(7)8;/h1-2H,(H,5,6)(H,7,8);/q;+2/p-2/b2-1-;. The van der Waals surface area contributed by atoms with E-state index in [1.807, 2.05) is 0 Å². The molecule has 0 aliphatic heterocycles. The first kappa shape index (κ1) is 11.1. The minimum atomic E-state index is -1.55. The molecule has 0 saturated heterocycles. The predicted octanol–water partition coefficient (Wildman–Crippen LogP) is -2.96. The summed E-state index contributed by atoms with van der Waals surface area (Å²) in [4.78, 5) is 18.8.